The molecule has 2 heterocycles. The highest BCUT2D eigenvalue weighted by Gasteiger charge is 2.16. The van der Waals surface area contributed by atoms with Crippen LogP contribution in [-0.2, 0) is 0 Å². The zero-order valence-electron chi connectivity index (χ0n) is 14.5. The number of hydrogen-bond acceptors (Lipinski definition) is 5. The number of benzene rings is 1. The average molecular weight is 438 g/mol. The molecule has 0 radical (unpaired) electrons. The molecule has 2 aromatic rings. The molecule has 5 nitrogen and oxygen atoms in total. The molecule has 0 spiro atoms. The molecule has 1 saturated heterocycles. The van der Waals surface area contributed by atoms with E-state index in [1.807, 2.05) is 31.2 Å². The summed E-state index contributed by atoms with van der Waals surface area (Å²) in [7, 11) is 0. The van der Waals surface area contributed by atoms with E-state index < -0.39 is 0 Å². The average Bonchev–Trinajstić information content (AvgIpc) is 2.98. The van der Waals surface area contributed by atoms with E-state index in [1.54, 1.807) is 0 Å². The number of halogens is 3. The Balaban J connectivity index is 0.00000169. The van der Waals surface area contributed by atoms with E-state index in [-0.39, 0.29) is 30.7 Å². The largest absolute Gasteiger partial charge is 0.350 e. The van der Waals surface area contributed by atoms with E-state index in [1.165, 1.54) is 11.3 Å². The van der Waals surface area contributed by atoms with Gasteiger partial charge in [-0.15, -0.1) is 36.2 Å². The van der Waals surface area contributed by atoms with Gasteiger partial charge in [0.1, 0.15) is 9.88 Å². The smallest absolute Gasteiger partial charge is 0.263 e. The van der Waals surface area contributed by atoms with Crippen LogP contribution in [0.25, 0.3) is 10.6 Å². The van der Waals surface area contributed by atoms with Crippen molar-refractivity contribution >= 4 is 53.7 Å². The summed E-state index contributed by atoms with van der Waals surface area (Å²) in [5.74, 6) is -0.0413. The summed E-state index contributed by atoms with van der Waals surface area (Å²) in [5, 5.41) is 7.87. The number of rotatable bonds is 5. The highest BCUT2D eigenvalue weighted by Crippen LogP contribution is 2.28. The molecular weight excluding hydrogens is 415 g/mol. The fraction of sp³-hybridized carbons (Fsp3) is 0.412. The number of aryl methyl sites for hydroxylation is 1. The topological polar surface area (TPSA) is 57.3 Å². The zero-order chi connectivity index (χ0) is 16.9. The van der Waals surface area contributed by atoms with Gasteiger partial charge in [-0.2, -0.15) is 0 Å². The first kappa shape index (κ1) is 23.1. The molecule has 26 heavy (non-hydrogen) atoms. The predicted molar refractivity (Wildman–Crippen MR) is 113 cm³/mol. The number of aromatic nitrogens is 1. The van der Waals surface area contributed by atoms with Gasteiger partial charge in [0.25, 0.3) is 5.91 Å². The molecule has 1 aliphatic heterocycles. The van der Waals surface area contributed by atoms with Crippen molar-refractivity contribution in [3.8, 4) is 10.6 Å². The van der Waals surface area contributed by atoms with Gasteiger partial charge in [0.05, 0.1) is 5.69 Å². The maximum absolute atomic E-state index is 12.4. The van der Waals surface area contributed by atoms with E-state index in [0.29, 0.717) is 16.4 Å². The lowest BCUT2D eigenvalue weighted by Gasteiger charge is -2.27. The van der Waals surface area contributed by atoms with Crippen LogP contribution in [0.1, 0.15) is 15.4 Å². The molecule has 0 unspecified atom stereocenters. The van der Waals surface area contributed by atoms with Crippen LogP contribution in [0.5, 0.6) is 0 Å². The molecule has 1 aliphatic rings. The van der Waals surface area contributed by atoms with Gasteiger partial charge in [0, 0.05) is 49.9 Å². The minimum Gasteiger partial charge on any atom is -0.350 e. The zero-order valence-corrected chi connectivity index (χ0v) is 17.7. The van der Waals surface area contributed by atoms with Crippen LogP contribution in [0.3, 0.4) is 0 Å². The van der Waals surface area contributed by atoms with Gasteiger partial charge in [-0.05, 0) is 19.1 Å². The third-order valence-electron chi connectivity index (χ3n) is 4.02. The van der Waals surface area contributed by atoms with E-state index >= 15 is 0 Å². The SMILES string of the molecule is Cc1nc(-c2ccc(Cl)cc2)sc1C(=O)NCCN1CCNCC1.Cl.Cl. The molecule has 1 fully saturated rings. The first-order valence-electron chi connectivity index (χ1n) is 8.08. The van der Waals surface area contributed by atoms with Crippen LogP contribution >= 0.6 is 47.8 Å². The second-order valence-corrected chi connectivity index (χ2v) is 7.22. The number of nitrogens with one attached hydrogen (secondary N) is 2. The van der Waals surface area contributed by atoms with Crippen molar-refractivity contribution in [1.82, 2.24) is 20.5 Å². The highest BCUT2D eigenvalue weighted by atomic mass is 35.5. The number of amides is 1. The number of carbonyl (C=O) groups is 1. The highest BCUT2D eigenvalue weighted by molar-refractivity contribution is 7.17. The van der Waals surface area contributed by atoms with Crippen LogP contribution in [0, 0.1) is 6.92 Å². The summed E-state index contributed by atoms with van der Waals surface area (Å²) in [6.07, 6.45) is 0. The van der Waals surface area contributed by atoms with Crippen molar-refractivity contribution in [2.75, 3.05) is 39.3 Å². The molecule has 2 N–H and O–H groups in total. The van der Waals surface area contributed by atoms with Crippen molar-refractivity contribution in [3.05, 3.63) is 39.9 Å². The predicted octanol–water partition coefficient (Wildman–Crippen LogP) is 3.25. The maximum atomic E-state index is 12.4. The van der Waals surface area contributed by atoms with Gasteiger partial charge in [-0.3, -0.25) is 9.69 Å². The summed E-state index contributed by atoms with van der Waals surface area (Å²) in [6.45, 7) is 7.54. The lowest BCUT2D eigenvalue weighted by atomic mass is 10.2. The first-order valence-corrected chi connectivity index (χ1v) is 9.27. The molecule has 3 rings (SSSR count). The fourth-order valence-electron chi connectivity index (χ4n) is 2.67. The molecule has 0 bridgehead atoms. The van der Waals surface area contributed by atoms with E-state index in [2.05, 4.69) is 20.5 Å². The number of carbonyl (C=O) groups excluding carboxylic acids is 1. The third kappa shape index (κ3) is 6.08. The van der Waals surface area contributed by atoms with E-state index in [0.717, 1.165) is 49.0 Å². The summed E-state index contributed by atoms with van der Waals surface area (Å²) < 4.78 is 0. The lowest BCUT2D eigenvalue weighted by molar-refractivity contribution is 0.0950. The summed E-state index contributed by atoms with van der Waals surface area (Å²) in [5.41, 5.74) is 1.75. The second kappa shape index (κ2) is 11.1. The Kier molecular flexibility index (Phi) is 9.85. The minimum absolute atomic E-state index is 0. The number of nitrogens with zero attached hydrogens (tertiary/aromatic N) is 2. The molecular formula is C17H23Cl3N4OS. The Hall–Kier alpha value is -0.890. The Bertz CT molecular complexity index is 703. The van der Waals surface area contributed by atoms with Crippen molar-refractivity contribution in [2.45, 2.75) is 6.92 Å². The summed E-state index contributed by atoms with van der Waals surface area (Å²) in [4.78, 5) is 20.0. The van der Waals surface area contributed by atoms with E-state index in [9.17, 15) is 4.79 Å². The summed E-state index contributed by atoms with van der Waals surface area (Å²) >= 11 is 7.34. The van der Waals surface area contributed by atoms with Crippen LogP contribution in [0.15, 0.2) is 24.3 Å². The van der Waals surface area contributed by atoms with Crippen LogP contribution in [-0.4, -0.2) is 55.1 Å². The number of hydrogen-bond donors (Lipinski definition) is 2. The molecule has 144 valence electrons. The van der Waals surface area contributed by atoms with Crippen LogP contribution in [0.2, 0.25) is 5.02 Å². The lowest BCUT2D eigenvalue weighted by Crippen LogP contribution is -2.46. The summed E-state index contributed by atoms with van der Waals surface area (Å²) in [6, 6.07) is 7.51. The van der Waals surface area contributed by atoms with Crippen molar-refractivity contribution in [2.24, 2.45) is 0 Å². The Morgan fingerprint density at radius 3 is 2.58 bits per heavy atom. The Labute approximate surface area is 175 Å². The molecule has 1 aromatic heterocycles. The molecule has 9 heteroatoms. The van der Waals surface area contributed by atoms with Gasteiger partial charge in [0.15, 0.2) is 0 Å². The van der Waals surface area contributed by atoms with Gasteiger partial charge >= 0.3 is 0 Å². The quantitative estimate of drug-likeness (QED) is 0.754. The Morgan fingerprint density at radius 1 is 1.27 bits per heavy atom. The fourth-order valence-corrected chi connectivity index (χ4v) is 3.78. The maximum Gasteiger partial charge on any atom is 0.263 e. The second-order valence-electron chi connectivity index (χ2n) is 5.79. The molecule has 0 saturated carbocycles. The normalized spacial score (nSPS) is 14.2. The van der Waals surface area contributed by atoms with Gasteiger partial charge in [0.2, 0.25) is 0 Å². The number of piperazine rings is 1. The third-order valence-corrected chi connectivity index (χ3v) is 5.47. The molecule has 0 atom stereocenters. The Morgan fingerprint density at radius 2 is 1.92 bits per heavy atom. The van der Waals surface area contributed by atoms with Crippen molar-refractivity contribution in [3.63, 3.8) is 0 Å². The van der Waals surface area contributed by atoms with Gasteiger partial charge in [-0.1, -0.05) is 23.7 Å². The van der Waals surface area contributed by atoms with Crippen molar-refractivity contribution < 1.29 is 4.79 Å². The molecule has 1 amide bonds. The van der Waals surface area contributed by atoms with Crippen LogP contribution in [0.4, 0.5) is 0 Å². The first-order chi connectivity index (χ1) is 11.6. The molecule has 1 aromatic carbocycles. The molecule has 0 aliphatic carbocycles. The van der Waals surface area contributed by atoms with Gasteiger partial charge in [-0.25, -0.2) is 4.98 Å². The van der Waals surface area contributed by atoms with Crippen LogP contribution < -0.4 is 10.6 Å². The number of thiazole rings is 1. The van der Waals surface area contributed by atoms with E-state index in [4.69, 9.17) is 11.6 Å². The van der Waals surface area contributed by atoms with Crippen molar-refractivity contribution in [1.29, 1.82) is 0 Å². The van der Waals surface area contributed by atoms with Gasteiger partial charge < -0.3 is 10.6 Å². The monoisotopic (exact) mass is 436 g/mol. The minimum atomic E-state index is -0.0413. The standard InChI is InChI=1S/C17H21ClN4OS.2ClH/c1-12-15(16(23)20-8-11-22-9-6-19-7-10-22)24-17(21-12)13-2-4-14(18)5-3-13;;/h2-5,19H,6-11H2,1H3,(H,20,23);2*1H.